The molecular weight excluding hydrogens is 314 g/mol. The average Bonchev–Trinajstić information content (AvgIpc) is 2.80. The zero-order chi connectivity index (χ0) is 17.0. The maximum atomic E-state index is 12.1. The van der Waals surface area contributed by atoms with Crippen molar-refractivity contribution in [3.8, 4) is 0 Å². The van der Waals surface area contributed by atoms with E-state index in [-0.39, 0.29) is 11.8 Å². The Bertz CT molecular complexity index is 671. The summed E-state index contributed by atoms with van der Waals surface area (Å²) in [7, 11) is -3.23. The van der Waals surface area contributed by atoms with Crippen molar-refractivity contribution < 1.29 is 13.2 Å². The predicted molar refractivity (Wildman–Crippen MR) is 93.4 cm³/mol. The number of carbonyl (C=O) groups excluding carboxylic acids is 1. The van der Waals surface area contributed by atoms with E-state index in [9.17, 15) is 13.2 Å². The number of anilines is 2. The van der Waals surface area contributed by atoms with E-state index < -0.39 is 10.0 Å². The average molecular weight is 339 g/mol. The summed E-state index contributed by atoms with van der Waals surface area (Å²) in [5.41, 5.74) is 2.11. The van der Waals surface area contributed by atoms with Gasteiger partial charge in [0.1, 0.15) is 0 Å². The second-order valence-corrected chi connectivity index (χ2v) is 8.32. The fraction of sp³-hybridized carbons (Fsp3) is 0.562. The molecule has 2 amide bonds. The number of hydrogen-bond donors (Lipinski definition) is 2. The third kappa shape index (κ3) is 4.60. The minimum absolute atomic E-state index is 0.180. The van der Waals surface area contributed by atoms with Gasteiger partial charge in [0.05, 0.1) is 11.4 Å². The Morgan fingerprint density at radius 1 is 1.35 bits per heavy atom. The summed E-state index contributed by atoms with van der Waals surface area (Å²) in [4.78, 5) is 11.9. The van der Waals surface area contributed by atoms with Gasteiger partial charge in [0.15, 0.2) is 0 Å². The number of hydrogen-bond acceptors (Lipinski definition) is 3. The Balaban J connectivity index is 2.07. The summed E-state index contributed by atoms with van der Waals surface area (Å²) >= 11 is 0. The molecule has 2 rings (SSSR count). The molecule has 0 aliphatic carbocycles. The van der Waals surface area contributed by atoms with Gasteiger partial charge in [-0.3, -0.25) is 4.31 Å². The Hall–Kier alpha value is -1.76. The summed E-state index contributed by atoms with van der Waals surface area (Å²) in [5, 5.41) is 5.56. The second kappa shape index (κ2) is 7.21. The fourth-order valence-electron chi connectivity index (χ4n) is 2.52. The molecule has 0 unspecified atom stereocenters. The lowest BCUT2D eigenvalue weighted by Gasteiger charge is -2.20. The molecule has 7 heteroatoms. The summed E-state index contributed by atoms with van der Waals surface area (Å²) in [6, 6.07) is 5.06. The van der Waals surface area contributed by atoms with E-state index in [4.69, 9.17) is 0 Å². The predicted octanol–water partition coefficient (Wildman–Crippen LogP) is 2.70. The van der Waals surface area contributed by atoms with Crippen LogP contribution in [-0.4, -0.2) is 33.3 Å². The van der Waals surface area contributed by atoms with Gasteiger partial charge in [-0.2, -0.15) is 0 Å². The Morgan fingerprint density at radius 2 is 2.09 bits per heavy atom. The first-order valence-electron chi connectivity index (χ1n) is 7.95. The van der Waals surface area contributed by atoms with Gasteiger partial charge in [-0.25, -0.2) is 13.2 Å². The van der Waals surface area contributed by atoms with Gasteiger partial charge >= 0.3 is 6.03 Å². The normalized spacial score (nSPS) is 16.6. The van der Waals surface area contributed by atoms with E-state index in [1.54, 1.807) is 12.1 Å². The summed E-state index contributed by atoms with van der Waals surface area (Å²) < 4.78 is 25.6. The molecule has 0 saturated carbocycles. The molecule has 128 valence electrons. The maximum absolute atomic E-state index is 12.1. The molecule has 1 aromatic carbocycles. The van der Waals surface area contributed by atoms with Gasteiger partial charge in [0, 0.05) is 18.8 Å². The third-order valence-electron chi connectivity index (χ3n) is 3.84. The number of amides is 2. The molecule has 1 aliphatic heterocycles. The van der Waals surface area contributed by atoms with Crippen molar-refractivity contribution in [2.45, 2.75) is 33.6 Å². The highest BCUT2D eigenvalue weighted by Gasteiger charge is 2.29. The quantitative estimate of drug-likeness (QED) is 0.866. The second-order valence-electron chi connectivity index (χ2n) is 6.31. The summed E-state index contributed by atoms with van der Waals surface area (Å²) in [6.07, 6.45) is 1.55. The lowest BCUT2D eigenvalue weighted by molar-refractivity contribution is 0.251. The van der Waals surface area contributed by atoms with Crippen molar-refractivity contribution in [1.82, 2.24) is 5.32 Å². The number of benzene rings is 1. The molecule has 2 N–H and O–H groups in total. The molecule has 23 heavy (non-hydrogen) atoms. The molecule has 1 saturated heterocycles. The minimum Gasteiger partial charge on any atom is -0.338 e. The van der Waals surface area contributed by atoms with E-state index in [0.29, 0.717) is 36.8 Å². The molecule has 1 aromatic rings. The van der Waals surface area contributed by atoms with Gasteiger partial charge in [-0.15, -0.1) is 0 Å². The first-order chi connectivity index (χ1) is 10.8. The van der Waals surface area contributed by atoms with Crippen molar-refractivity contribution in [2.75, 3.05) is 28.5 Å². The van der Waals surface area contributed by atoms with Crippen LogP contribution in [0.25, 0.3) is 0 Å². The molecule has 0 bridgehead atoms. The largest absolute Gasteiger partial charge is 0.338 e. The van der Waals surface area contributed by atoms with Crippen LogP contribution in [0, 0.1) is 12.8 Å². The number of aryl methyl sites for hydroxylation is 1. The van der Waals surface area contributed by atoms with Gasteiger partial charge in [-0.05, 0) is 43.4 Å². The molecule has 0 radical (unpaired) electrons. The van der Waals surface area contributed by atoms with Crippen molar-refractivity contribution in [2.24, 2.45) is 5.92 Å². The number of rotatable bonds is 5. The molecular formula is C16H25N3O3S. The standard InChI is InChI=1S/C16H25N3O3S/c1-12(2)7-8-17-16(20)18-14-6-5-13(3)15(11-14)19-9-4-10-23(19,21)22/h5-6,11-12H,4,7-10H2,1-3H3,(H2,17,18,20). The van der Waals surface area contributed by atoms with E-state index in [1.165, 1.54) is 4.31 Å². The number of carbonyl (C=O) groups is 1. The Labute approximate surface area is 138 Å². The monoisotopic (exact) mass is 339 g/mol. The maximum Gasteiger partial charge on any atom is 0.319 e. The van der Waals surface area contributed by atoms with Crippen LogP contribution in [0.3, 0.4) is 0 Å². The van der Waals surface area contributed by atoms with Crippen LogP contribution in [0.4, 0.5) is 16.2 Å². The minimum atomic E-state index is -3.23. The highest BCUT2D eigenvalue weighted by molar-refractivity contribution is 7.93. The zero-order valence-corrected chi connectivity index (χ0v) is 14.7. The first-order valence-corrected chi connectivity index (χ1v) is 9.56. The molecule has 1 heterocycles. The topological polar surface area (TPSA) is 78.5 Å². The highest BCUT2D eigenvalue weighted by Crippen LogP contribution is 2.29. The van der Waals surface area contributed by atoms with Crippen LogP contribution in [0.15, 0.2) is 18.2 Å². The number of nitrogens with zero attached hydrogens (tertiary/aromatic N) is 1. The molecule has 1 fully saturated rings. The van der Waals surface area contributed by atoms with Crippen LogP contribution >= 0.6 is 0 Å². The lowest BCUT2D eigenvalue weighted by atomic mass is 10.1. The van der Waals surface area contributed by atoms with Crippen molar-refractivity contribution in [1.29, 1.82) is 0 Å². The smallest absolute Gasteiger partial charge is 0.319 e. The summed E-state index contributed by atoms with van der Waals surface area (Å²) in [6.45, 7) is 7.18. The van der Waals surface area contributed by atoms with Crippen molar-refractivity contribution in [3.63, 3.8) is 0 Å². The molecule has 0 spiro atoms. The molecule has 0 atom stereocenters. The summed E-state index contributed by atoms with van der Waals surface area (Å²) in [5.74, 6) is 0.710. The number of nitrogens with one attached hydrogen (secondary N) is 2. The van der Waals surface area contributed by atoms with E-state index in [2.05, 4.69) is 24.5 Å². The zero-order valence-electron chi connectivity index (χ0n) is 13.9. The van der Waals surface area contributed by atoms with Crippen molar-refractivity contribution in [3.05, 3.63) is 23.8 Å². The van der Waals surface area contributed by atoms with Gasteiger partial charge in [-0.1, -0.05) is 19.9 Å². The van der Waals surface area contributed by atoms with Crippen molar-refractivity contribution >= 4 is 27.4 Å². The number of sulfonamides is 1. The molecule has 1 aliphatic rings. The van der Waals surface area contributed by atoms with E-state index in [1.807, 2.05) is 13.0 Å². The van der Waals surface area contributed by atoms with Gasteiger partial charge in [0.25, 0.3) is 0 Å². The van der Waals surface area contributed by atoms with Crippen LogP contribution in [0.5, 0.6) is 0 Å². The van der Waals surface area contributed by atoms with Crippen LogP contribution in [0.2, 0.25) is 0 Å². The molecule has 0 aromatic heterocycles. The van der Waals surface area contributed by atoms with Crippen LogP contribution < -0.4 is 14.9 Å². The molecule has 6 nitrogen and oxygen atoms in total. The lowest BCUT2D eigenvalue weighted by Crippen LogP contribution is -2.30. The first kappa shape index (κ1) is 17.6. The van der Waals surface area contributed by atoms with Crippen LogP contribution in [0.1, 0.15) is 32.3 Å². The SMILES string of the molecule is Cc1ccc(NC(=O)NCCC(C)C)cc1N1CCCS1(=O)=O. The van der Waals surface area contributed by atoms with Crippen LogP contribution in [-0.2, 0) is 10.0 Å². The van der Waals surface area contributed by atoms with Gasteiger partial charge < -0.3 is 10.6 Å². The number of urea groups is 1. The van der Waals surface area contributed by atoms with Gasteiger partial charge in [0.2, 0.25) is 10.0 Å². The van der Waals surface area contributed by atoms with E-state index >= 15 is 0 Å². The highest BCUT2D eigenvalue weighted by atomic mass is 32.2. The fourth-order valence-corrected chi connectivity index (χ4v) is 4.13. The van der Waals surface area contributed by atoms with E-state index in [0.717, 1.165) is 12.0 Å². The Kier molecular flexibility index (Phi) is 5.51. The third-order valence-corrected chi connectivity index (χ3v) is 5.70. The Morgan fingerprint density at radius 3 is 2.70 bits per heavy atom.